The van der Waals surface area contributed by atoms with Crippen molar-refractivity contribution in [3.05, 3.63) is 41.6 Å². The van der Waals surface area contributed by atoms with Crippen LogP contribution in [0.1, 0.15) is 31.0 Å². The summed E-state index contributed by atoms with van der Waals surface area (Å²) in [6.45, 7) is 6.29. The molecule has 1 aromatic heterocycles. The molecule has 16 heavy (non-hydrogen) atoms. The quantitative estimate of drug-likeness (QED) is 0.837. The Hall–Kier alpha value is -1.77. The summed E-state index contributed by atoms with van der Waals surface area (Å²) in [5.74, 6) is 1.14. The van der Waals surface area contributed by atoms with Crippen molar-refractivity contribution in [1.82, 2.24) is 9.78 Å². The molecule has 84 valence electrons. The van der Waals surface area contributed by atoms with Crippen LogP contribution in [0, 0.1) is 6.92 Å². The van der Waals surface area contributed by atoms with Gasteiger partial charge in [0.1, 0.15) is 5.82 Å². The number of nitrogen functional groups attached to an aromatic ring is 1. The predicted octanol–water partition coefficient (Wildman–Crippen LogP) is 2.89. The van der Waals surface area contributed by atoms with Gasteiger partial charge in [0, 0.05) is 6.07 Å². The van der Waals surface area contributed by atoms with Gasteiger partial charge in [0.05, 0.1) is 11.4 Å². The zero-order chi connectivity index (χ0) is 11.7. The Labute approximate surface area is 95.9 Å². The fourth-order valence-corrected chi connectivity index (χ4v) is 1.88. The fourth-order valence-electron chi connectivity index (χ4n) is 1.88. The Bertz CT molecular complexity index is 498. The lowest BCUT2D eigenvalue weighted by Gasteiger charge is -2.13. The van der Waals surface area contributed by atoms with E-state index < -0.39 is 0 Å². The van der Waals surface area contributed by atoms with Crippen molar-refractivity contribution in [2.24, 2.45) is 0 Å². The number of rotatable bonds is 2. The molecule has 0 amide bonds. The van der Waals surface area contributed by atoms with Crippen LogP contribution in [-0.2, 0) is 0 Å². The first-order valence-electron chi connectivity index (χ1n) is 5.51. The van der Waals surface area contributed by atoms with E-state index in [1.165, 1.54) is 5.56 Å². The van der Waals surface area contributed by atoms with Crippen molar-refractivity contribution in [3.63, 3.8) is 0 Å². The van der Waals surface area contributed by atoms with Gasteiger partial charge >= 0.3 is 0 Å². The molecule has 3 heteroatoms. The number of aromatic nitrogens is 2. The molecule has 1 heterocycles. The minimum Gasteiger partial charge on any atom is -0.384 e. The molecule has 2 N–H and O–H groups in total. The topological polar surface area (TPSA) is 43.8 Å². The number of hydrogen-bond donors (Lipinski definition) is 1. The van der Waals surface area contributed by atoms with Gasteiger partial charge in [-0.05, 0) is 24.5 Å². The number of nitrogens with two attached hydrogens (primary N) is 1. The molecular formula is C13H17N3. The number of benzene rings is 1. The van der Waals surface area contributed by atoms with E-state index in [0.29, 0.717) is 11.7 Å². The van der Waals surface area contributed by atoms with E-state index in [2.05, 4.69) is 31.1 Å². The maximum absolute atomic E-state index is 5.94. The summed E-state index contributed by atoms with van der Waals surface area (Å²) in [5, 5.41) is 4.42. The highest BCUT2D eigenvalue weighted by Crippen LogP contribution is 2.24. The zero-order valence-corrected chi connectivity index (χ0v) is 9.94. The largest absolute Gasteiger partial charge is 0.384 e. The molecule has 0 fully saturated rings. The first kappa shape index (κ1) is 10.7. The van der Waals surface area contributed by atoms with Crippen LogP contribution in [0.4, 0.5) is 5.82 Å². The molecule has 0 aliphatic carbocycles. The van der Waals surface area contributed by atoms with E-state index in [1.54, 1.807) is 0 Å². The van der Waals surface area contributed by atoms with Gasteiger partial charge in [-0.1, -0.05) is 32.0 Å². The van der Waals surface area contributed by atoms with Crippen molar-refractivity contribution in [1.29, 1.82) is 0 Å². The van der Waals surface area contributed by atoms with Crippen LogP contribution >= 0.6 is 0 Å². The minimum atomic E-state index is 0.458. The molecule has 1 aromatic carbocycles. The maximum Gasteiger partial charge on any atom is 0.127 e. The summed E-state index contributed by atoms with van der Waals surface area (Å²) < 4.78 is 1.81. The SMILES string of the molecule is Cc1cc(N)n(-c2ccccc2C(C)C)n1. The Balaban J connectivity index is 2.59. The average molecular weight is 215 g/mol. The van der Waals surface area contributed by atoms with Crippen molar-refractivity contribution in [2.75, 3.05) is 5.73 Å². The van der Waals surface area contributed by atoms with Crippen LogP contribution in [-0.4, -0.2) is 9.78 Å². The van der Waals surface area contributed by atoms with Crippen LogP contribution in [0.3, 0.4) is 0 Å². The molecule has 3 nitrogen and oxygen atoms in total. The lowest BCUT2D eigenvalue weighted by molar-refractivity contribution is 0.807. The lowest BCUT2D eigenvalue weighted by atomic mass is 10.0. The van der Waals surface area contributed by atoms with E-state index in [1.807, 2.05) is 29.8 Å². The summed E-state index contributed by atoms with van der Waals surface area (Å²) in [4.78, 5) is 0. The first-order chi connectivity index (χ1) is 7.59. The summed E-state index contributed by atoms with van der Waals surface area (Å²) >= 11 is 0. The van der Waals surface area contributed by atoms with E-state index in [0.717, 1.165) is 11.4 Å². The molecule has 0 atom stereocenters. The summed E-state index contributed by atoms with van der Waals surface area (Å²) in [5.41, 5.74) is 9.22. The lowest BCUT2D eigenvalue weighted by Crippen LogP contribution is -2.05. The van der Waals surface area contributed by atoms with Crippen LogP contribution in [0.15, 0.2) is 30.3 Å². The van der Waals surface area contributed by atoms with E-state index in [9.17, 15) is 0 Å². The molecule has 2 aromatic rings. The standard InChI is InChI=1S/C13H17N3/c1-9(2)11-6-4-5-7-12(11)16-13(14)8-10(3)15-16/h4-9H,14H2,1-3H3. The highest BCUT2D eigenvalue weighted by Gasteiger charge is 2.10. The van der Waals surface area contributed by atoms with Crippen LogP contribution < -0.4 is 5.73 Å². The maximum atomic E-state index is 5.94. The summed E-state index contributed by atoms with van der Waals surface area (Å²) in [6, 6.07) is 10.1. The number of nitrogens with zero attached hydrogens (tertiary/aromatic N) is 2. The van der Waals surface area contributed by atoms with Crippen LogP contribution in [0.25, 0.3) is 5.69 Å². The second kappa shape index (κ2) is 4.00. The molecular weight excluding hydrogens is 198 g/mol. The van der Waals surface area contributed by atoms with Gasteiger partial charge in [-0.3, -0.25) is 0 Å². The molecule has 0 bridgehead atoms. The van der Waals surface area contributed by atoms with E-state index in [4.69, 9.17) is 5.73 Å². The Morgan fingerprint density at radius 3 is 2.50 bits per heavy atom. The summed E-state index contributed by atoms with van der Waals surface area (Å²) in [7, 11) is 0. The highest BCUT2D eigenvalue weighted by atomic mass is 15.3. The van der Waals surface area contributed by atoms with Gasteiger partial charge in [0.2, 0.25) is 0 Å². The molecule has 0 saturated heterocycles. The van der Waals surface area contributed by atoms with Crippen molar-refractivity contribution < 1.29 is 0 Å². The first-order valence-corrected chi connectivity index (χ1v) is 5.51. The fraction of sp³-hybridized carbons (Fsp3) is 0.308. The zero-order valence-electron chi connectivity index (χ0n) is 9.94. The van der Waals surface area contributed by atoms with E-state index in [-0.39, 0.29) is 0 Å². The average Bonchev–Trinajstić information content (AvgIpc) is 2.57. The van der Waals surface area contributed by atoms with Crippen molar-refractivity contribution >= 4 is 5.82 Å². The van der Waals surface area contributed by atoms with Gasteiger partial charge in [-0.2, -0.15) is 5.10 Å². The van der Waals surface area contributed by atoms with Gasteiger partial charge in [0.25, 0.3) is 0 Å². The highest BCUT2D eigenvalue weighted by molar-refractivity contribution is 5.48. The second-order valence-corrected chi connectivity index (χ2v) is 4.34. The third kappa shape index (κ3) is 1.81. The molecule has 0 aliphatic heterocycles. The molecule has 0 saturated carbocycles. The Morgan fingerprint density at radius 2 is 1.94 bits per heavy atom. The van der Waals surface area contributed by atoms with Gasteiger partial charge in [-0.15, -0.1) is 0 Å². The third-order valence-corrected chi connectivity index (χ3v) is 2.65. The number of para-hydroxylation sites is 1. The van der Waals surface area contributed by atoms with Gasteiger partial charge in [-0.25, -0.2) is 4.68 Å². The molecule has 2 rings (SSSR count). The van der Waals surface area contributed by atoms with Gasteiger partial charge < -0.3 is 5.73 Å². The number of aryl methyl sites for hydroxylation is 1. The normalized spacial score (nSPS) is 11.0. The van der Waals surface area contributed by atoms with Crippen LogP contribution in [0.2, 0.25) is 0 Å². The number of anilines is 1. The molecule has 0 unspecified atom stereocenters. The van der Waals surface area contributed by atoms with E-state index >= 15 is 0 Å². The smallest absolute Gasteiger partial charge is 0.127 e. The molecule has 0 spiro atoms. The Kier molecular flexibility index (Phi) is 2.69. The molecule has 0 radical (unpaired) electrons. The van der Waals surface area contributed by atoms with Crippen molar-refractivity contribution in [3.8, 4) is 5.69 Å². The van der Waals surface area contributed by atoms with Crippen molar-refractivity contribution in [2.45, 2.75) is 26.7 Å². The monoisotopic (exact) mass is 215 g/mol. The van der Waals surface area contributed by atoms with Gasteiger partial charge in [0.15, 0.2) is 0 Å². The Morgan fingerprint density at radius 1 is 1.25 bits per heavy atom. The predicted molar refractivity (Wildman–Crippen MR) is 66.8 cm³/mol. The third-order valence-electron chi connectivity index (χ3n) is 2.65. The second-order valence-electron chi connectivity index (χ2n) is 4.34. The number of hydrogen-bond acceptors (Lipinski definition) is 2. The minimum absolute atomic E-state index is 0.458. The van der Waals surface area contributed by atoms with Crippen LogP contribution in [0.5, 0.6) is 0 Å². The molecule has 0 aliphatic rings. The summed E-state index contributed by atoms with van der Waals surface area (Å²) in [6.07, 6.45) is 0.